The van der Waals surface area contributed by atoms with Crippen LogP contribution in [0.3, 0.4) is 0 Å². The number of halogens is 1. The van der Waals surface area contributed by atoms with Gasteiger partial charge in [0.05, 0.1) is 17.7 Å². The van der Waals surface area contributed by atoms with E-state index in [2.05, 4.69) is 0 Å². The van der Waals surface area contributed by atoms with E-state index in [0.717, 1.165) is 22.3 Å². The third-order valence-corrected chi connectivity index (χ3v) is 3.80. The first-order valence-corrected chi connectivity index (χ1v) is 6.37. The van der Waals surface area contributed by atoms with Gasteiger partial charge in [0.25, 0.3) is 0 Å². The van der Waals surface area contributed by atoms with Gasteiger partial charge in [0.2, 0.25) is 0 Å². The highest BCUT2D eigenvalue weighted by Gasteiger charge is 2.17. The van der Waals surface area contributed by atoms with Crippen LogP contribution in [0, 0.1) is 13.8 Å². The van der Waals surface area contributed by atoms with Crippen molar-refractivity contribution in [3.8, 4) is 11.1 Å². The lowest BCUT2D eigenvalue weighted by atomic mass is 9.95. The average Bonchev–Trinajstić information content (AvgIpc) is 2.45. The fraction of sp³-hybridized carbons (Fsp3) is 0.188. The Morgan fingerprint density at radius 1 is 1.11 bits per heavy atom. The summed E-state index contributed by atoms with van der Waals surface area (Å²) < 4.78 is 4.82. The maximum Gasteiger partial charge on any atom is 0.338 e. The summed E-state index contributed by atoms with van der Waals surface area (Å²) in [5, 5.41) is 0.677. The number of ether oxygens (including phenoxy) is 1. The fourth-order valence-electron chi connectivity index (χ4n) is 2.03. The van der Waals surface area contributed by atoms with Crippen molar-refractivity contribution in [1.82, 2.24) is 0 Å². The van der Waals surface area contributed by atoms with Crippen molar-refractivity contribution in [2.24, 2.45) is 0 Å². The molecule has 0 unspecified atom stereocenters. The molecule has 0 bridgehead atoms. The minimum absolute atomic E-state index is 0.338. The van der Waals surface area contributed by atoms with Crippen LogP contribution in [0.5, 0.6) is 0 Å². The molecule has 0 aromatic heterocycles. The zero-order chi connectivity index (χ0) is 14.0. The molecule has 2 rings (SSSR count). The number of hydrogen-bond donors (Lipinski definition) is 0. The zero-order valence-electron chi connectivity index (χ0n) is 11.2. The molecule has 0 N–H and O–H groups in total. The molecule has 19 heavy (non-hydrogen) atoms. The van der Waals surface area contributed by atoms with E-state index in [0.29, 0.717) is 10.6 Å². The molecule has 98 valence electrons. The predicted molar refractivity (Wildman–Crippen MR) is 77.7 cm³/mol. The maximum atomic E-state index is 11.8. The van der Waals surface area contributed by atoms with Gasteiger partial charge in [-0.15, -0.1) is 0 Å². The first-order valence-electron chi connectivity index (χ1n) is 5.99. The van der Waals surface area contributed by atoms with E-state index < -0.39 is 0 Å². The van der Waals surface area contributed by atoms with Crippen LogP contribution >= 0.6 is 11.6 Å². The van der Waals surface area contributed by atoms with Crippen LogP contribution in [0.15, 0.2) is 36.4 Å². The van der Waals surface area contributed by atoms with Crippen LogP contribution in [-0.4, -0.2) is 13.1 Å². The number of carbonyl (C=O) groups is 1. The average molecular weight is 275 g/mol. The van der Waals surface area contributed by atoms with Crippen molar-refractivity contribution < 1.29 is 9.53 Å². The van der Waals surface area contributed by atoms with E-state index in [9.17, 15) is 4.79 Å². The maximum absolute atomic E-state index is 11.8. The zero-order valence-corrected chi connectivity index (χ0v) is 11.9. The number of carbonyl (C=O) groups excluding carboxylic acids is 1. The second kappa shape index (κ2) is 5.45. The van der Waals surface area contributed by atoms with Crippen molar-refractivity contribution in [2.45, 2.75) is 13.8 Å². The Morgan fingerprint density at radius 2 is 1.74 bits per heavy atom. The Kier molecular flexibility index (Phi) is 3.91. The molecule has 0 spiro atoms. The molecule has 0 amide bonds. The minimum Gasteiger partial charge on any atom is -0.465 e. The SMILES string of the molecule is COC(=O)c1cc(-c2ccccc2)c(Cl)c(C)c1C. The second-order valence-electron chi connectivity index (χ2n) is 4.39. The van der Waals surface area contributed by atoms with Crippen LogP contribution in [-0.2, 0) is 4.74 Å². The fourth-order valence-corrected chi connectivity index (χ4v) is 2.34. The van der Waals surface area contributed by atoms with E-state index >= 15 is 0 Å². The van der Waals surface area contributed by atoms with Gasteiger partial charge in [-0.25, -0.2) is 4.79 Å². The normalized spacial score (nSPS) is 10.3. The van der Waals surface area contributed by atoms with Crippen LogP contribution < -0.4 is 0 Å². The molecular formula is C16H15ClO2. The van der Waals surface area contributed by atoms with Gasteiger partial charge in [0.1, 0.15) is 0 Å². The highest BCUT2D eigenvalue weighted by molar-refractivity contribution is 6.34. The number of benzene rings is 2. The summed E-state index contributed by atoms with van der Waals surface area (Å²) in [5.74, 6) is -0.338. The molecule has 3 heteroatoms. The van der Waals surface area contributed by atoms with Crippen molar-refractivity contribution in [2.75, 3.05) is 7.11 Å². The Hall–Kier alpha value is -1.80. The van der Waals surface area contributed by atoms with Crippen LogP contribution in [0.2, 0.25) is 5.02 Å². The summed E-state index contributed by atoms with van der Waals surface area (Å²) in [6.07, 6.45) is 0. The van der Waals surface area contributed by atoms with Gasteiger partial charge in [0, 0.05) is 5.56 Å². The quantitative estimate of drug-likeness (QED) is 0.758. The molecule has 0 fully saturated rings. The number of hydrogen-bond acceptors (Lipinski definition) is 2. The standard InChI is InChI=1S/C16H15ClO2/c1-10-11(2)15(17)14(9-13(10)16(18)19-3)12-7-5-4-6-8-12/h4-9H,1-3H3. The first kappa shape index (κ1) is 13.6. The Morgan fingerprint density at radius 3 is 2.32 bits per heavy atom. The summed E-state index contributed by atoms with van der Waals surface area (Å²) in [4.78, 5) is 11.8. The second-order valence-corrected chi connectivity index (χ2v) is 4.77. The molecular weight excluding hydrogens is 260 g/mol. The van der Waals surface area contributed by atoms with E-state index in [1.165, 1.54) is 7.11 Å². The third-order valence-electron chi connectivity index (χ3n) is 3.31. The van der Waals surface area contributed by atoms with E-state index in [1.54, 1.807) is 6.07 Å². The monoisotopic (exact) mass is 274 g/mol. The smallest absolute Gasteiger partial charge is 0.338 e. The summed E-state index contributed by atoms with van der Waals surface area (Å²) in [7, 11) is 1.38. The molecule has 2 aromatic rings. The lowest BCUT2D eigenvalue weighted by Gasteiger charge is -2.14. The minimum atomic E-state index is -0.338. The Bertz CT molecular complexity index is 618. The number of rotatable bonds is 2. The van der Waals surface area contributed by atoms with Crippen molar-refractivity contribution in [3.63, 3.8) is 0 Å². The molecule has 0 aliphatic carbocycles. The largest absolute Gasteiger partial charge is 0.465 e. The van der Waals surface area contributed by atoms with E-state index in [4.69, 9.17) is 16.3 Å². The lowest BCUT2D eigenvalue weighted by Crippen LogP contribution is -2.06. The van der Waals surface area contributed by atoms with Crippen LogP contribution in [0.25, 0.3) is 11.1 Å². The van der Waals surface area contributed by atoms with Gasteiger partial charge in [-0.3, -0.25) is 0 Å². The first-order chi connectivity index (χ1) is 9.06. The predicted octanol–water partition coefficient (Wildman–Crippen LogP) is 4.41. The van der Waals surface area contributed by atoms with Crippen LogP contribution in [0.4, 0.5) is 0 Å². The van der Waals surface area contributed by atoms with Crippen LogP contribution in [0.1, 0.15) is 21.5 Å². The molecule has 0 aliphatic heterocycles. The van der Waals surface area contributed by atoms with Crippen molar-refractivity contribution >= 4 is 17.6 Å². The topological polar surface area (TPSA) is 26.3 Å². The molecule has 2 aromatic carbocycles. The Balaban J connectivity index is 2.69. The van der Waals surface area contributed by atoms with E-state index in [-0.39, 0.29) is 5.97 Å². The summed E-state index contributed by atoms with van der Waals surface area (Å²) in [6.45, 7) is 3.79. The van der Waals surface area contributed by atoms with Gasteiger partial charge in [-0.1, -0.05) is 41.9 Å². The summed E-state index contributed by atoms with van der Waals surface area (Å²) in [5.41, 5.74) is 4.16. The molecule has 0 saturated heterocycles. The van der Waals surface area contributed by atoms with E-state index in [1.807, 2.05) is 44.2 Å². The van der Waals surface area contributed by atoms with Gasteiger partial charge in [-0.2, -0.15) is 0 Å². The van der Waals surface area contributed by atoms with Crippen molar-refractivity contribution in [3.05, 3.63) is 58.1 Å². The molecule has 0 heterocycles. The summed E-state index contributed by atoms with van der Waals surface area (Å²) in [6, 6.07) is 11.6. The highest BCUT2D eigenvalue weighted by atomic mass is 35.5. The number of methoxy groups -OCH3 is 1. The summed E-state index contributed by atoms with van der Waals surface area (Å²) >= 11 is 6.40. The molecule has 0 radical (unpaired) electrons. The molecule has 0 aliphatic rings. The van der Waals surface area contributed by atoms with Gasteiger partial charge < -0.3 is 4.74 Å². The third kappa shape index (κ3) is 2.49. The Labute approximate surface area is 118 Å². The van der Waals surface area contributed by atoms with Gasteiger partial charge in [0.15, 0.2) is 0 Å². The van der Waals surface area contributed by atoms with Gasteiger partial charge >= 0.3 is 5.97 Å². The lowest BCUT2D eigenvalue weighted by molar-refractivity contribution is 0.0600. The molecule has 2 nitrogen and oxygen atoms in total. The molecule has 0 atom stereocenters. The molecule has 0 saturated carbocycles. The van der Waals surface area contributed by atoms with Gasteiger partial charge in [-0.05, 0) is 36.6 Å². The number of esters is 1. The highest BCUT2D eigenvalue weighted by Crippen LogP contribution is 2.34. The van der Waals surface area contributed by atoms with Crippen molar-refractivity contribution in [1.29, 1.82) is 0 Å².